The first-order valence-corrected chi connectivity index (χ1v) is 6.54. The molecule has 0 amide bonds. The molecular weight excluding hydrogens is 226 g/mol. The van der Waals surface area contributed by atoms with Crippen LogP contribution in [0.25, 0.3) is 0 Å². The van der Waals surface area contributed by atoms with Gasteiger partial charge in [0.05, 0.1) is 5.69 Å². The maximum absolute atomic E-state index is 5.76. The van der Waals surface area contributed by atoms with Gasteiger partial charge in [-0.1, -0.05) is 25.8 Å². The molecule has 18 heavy (non-hydrogen) atoms. The van der Waals surface area contributed by atoms with Crippen molar-refractivity contribution in [1.29, 1.82) is 0 Å². The molecule has 1 N–H and O–H groups in total. The Morgan fingerprint density at radius 2 is 2.22 bits per heavy atom. The zero-order valence-electron chi connectivity index (χ0n) is 10.6. The van der Waals surface area contributed by atoms with E-state index in [1.165, 1.54) is 24.8 Å². The van der Waals surface area contributed by atoms with Crippen molar-refractivity contribution in [3.8, 4) is 5.75 Å². The van der Waals surface area contributed by atoms with Gasteiger partial charge in [-0.05, 0) is 30.5 Å². The number of nitrogens with zero attached hydrogens (tertiary/aromatic N) is 2. The Morgan fingerprint density at radius 1 is 1.28 bits per heavy atom. The van der Waals surface area contributed by atoms with Gasteiger partial charge in [-0.15, -0.1) is 0 Å². The number of amidine groups is 1. The Kier molecular flexibility index (Phi) is 3.00. The predicted molar refractivity (Wildman–Crippen MR) is 73.7 cm³/mol. The monoisotopic (exact) mass is 243 g/mol. The highest BCUT2D eigenvalue weighted by atomic mass is 16.5. The summed E-state index contributed by atoms with van der Waals surface area (Å²) in [6.07, 6.45) is 4.87. The number of ether oxygens (including phenoxy) is 1. The molecule has 3 rings (SSSR count). The Bertz CT molecular complexity index is 520. The number of aliphatic imine (C=N–C) groups is 2. The predicted octanol–water partition coefficient (Wildman–Crippen LogP) is 2.99. The molecule has 2 aliphatic heterocycles. The molecule has 1 aromatic carbocycles. The van der Waals surface area contributed by atoms with Gasteiger partial charge in [0, 0.05) is 0 Å². The molecule has 94 valence electrons. The minimum absolute atomic E-state index is 0.467. The Morgan fingerprint density at radius 3 is 3.11 bits per heavy atom. The van der Waals surface area contributed by atoms with Crippen LogP contribution in [-0.2, 0) is 6.42 Å². The molecule has 0 bridgehead atoms. The molecule has 0 saturated carbocycles. The largest absolute Gasteiger partial charge is 0.434 e. The highest BCUT2D eigenvalue weighted by Gasteiger charge is 2.24. The van der Waals surface area contributed by atoms with Crippen LogP contribution in [0.5, 0.6) is 5.75 Å². The SMILES string of the molecule is CCCCCc1ccc2c(c1)OC1=NCN=C1N2. The number of anilines is 1. The number of benzene rings is 1. The van der Waals surface area contributed by atoms with Gasteiger partial charge in [0.2, 0.25) is 0 Å². The van der Waals surface area contributed by atoms with Gasteiger partial charge < -0.3 is 10.1 Å². The topological polar surface area (TPSA) is 46.0 Å². The second kappa shape index (κ2) is 4.80. The summed E-state index contributed by atoms with van der Waals surface area (Å²) in [4.78, 5) is 8.41. The maximum Gasteiger partial charge on any atom is 0.260 e. The third-order valence-electron chi connectivity index (χ3n) is 3.22. The van der Waals surface area contributed by atoms with Gasteiger partial charge >= 0.3 is 0 Å². The van der Waals surface area contributed by atoms with Gasteiger partial charge in [-0.3, -0.25) is 0 Å². The average molecular weight is 243 g/mol. The first-order chi connectivity index (χ1) is 8.86. The Balaban J connectivity index is 1.77. The van der Waals surface area contributed by atoms with Gasteiger partial charge in [-0.2, -0.15) is 0 Å². The quantitative estimate of drug-likeness (QED) is 0.826. The normalized spacial score (nSPS) is 16.1. The summed E-state index contributed by atoms with van der Waals surface area (Å²) in [7, 11) is 0. The van der Waals surface area contributed by atoms with E-state index < -0.39 is 0 Å². The lowest BCUT2D eigenvalue weighted by Gasteiger charge is -2.20. The molecule has 0 atom stereocenters. The second-order valence-corrected chi connectivity index (χ2v) is 4.63. The number of aryl methyl sites for hydroxylation is 1. The fourth-order valence-electron chi connectivity index (χ4n) is 2.21. The number of fused-ring (bicyclic) bond motifs is 2. The lowest BCUT2D eigenvalue weighted by molar-refractivity contribution is 0.557. The molecule has 2 heterocycles. The van der Waals surface area contributed by atoms with Gasteiger partial charge in [0.15, 0.2) is 11.6 Å². The van der Waals surface area contributed by atoms with Crippen LogP contribution in [0.2, 0.25) is 0 Å². The molecule has 0 radical (unpaired) electrons. The Labute approximate surface area is 107 Å². The summed E-state index contributed by atoms with van der Waals surface area (Å²) in [6.45, 7) is 2.69. The minimum atomic E-state index is 0.467. The molecule has 0 unspecified atom stereocenters. The molecule has 0 fully saturated rings. The first kappa shape index (κ1) is 11.3. The van der Waals surface area contributed by atoms with E-state index in [9.17, 15) is 0 Å². The number of hydrogen-bond acceptors (Lipinski definition) is 4. The standard InChI is InChI=1S/C14H17N3O/c1-2-3-4-5-10-6-7-11-12(8-10)18-14-13(17-11)15-9-16-14/h6-8H,2-5,9H2,1H3,(H,15,17). The fraction of sp³-hybridized carbons (Fsp3) is 0.429. The van der Waals surface area contributed by atoms with E-state index in [0.29, 0.717) is 12.6 Å². The van der Waals surface area contributed by atoms with E-state index in [2.05, 4.69) is 40.4 Å². The van der Waals surface area contributed by atoms with E-state index in [-0.39, 0.29) is 0 Å². The smallest absolute Gasteiger partial charge is 0.260 e. The molecule has 2 aliphatic rings. The maximum atomic E-state index is 5.76. The molecular formula is C14H17N3O. The van der Waals surface area contributed by atoms with Crippen LogP contribution in [0.3, 0.4) is 0 Å². The number of unbranched alkanes of at least 4 members (excludes halogenated alkanes) is 2. The van der Waals surface area contributed by atoms with E-state index >= 15 is 0 Å². The van der Waals surface area contributed by atoms with Crippen LogP contribution in [0.15, 0.2) is 28.2 Å². The Hall–Kier alpha value is -1.84. The van der Waals surface area contributed by atoms with Crippen molar-refractivity contribution in [1.82, 2.24) is 0 Å². The molecule has 4 nitrogen and oxygen atoms in total. The summed E-state index contributed by atoms with van der Waals surface area (Å²) >= 11 is 0. The van der Waals surface area contributed by atoms with Crippen LogP contribution in [0, 0.1) is 0 Å². The summed E-state index contributed by atoms with van der Waals surface area (Å²) in [5, 5.41) is 3.25. The van der Waals surface area contributed by atoms with Gasteiger partial charge in [0.25, 0.3) is 5.90 Å². The van der Waals surface area contributed by atoms with Crippen LogP contribution >= 0.6 is 0 Å². The van der Waals surface area contributed by atoms with E-state index in [1.54, 1.807) is 0 Å². The second-order valence-electron chi connectivity index (χ2n) is 4.63. The molecule has 0 aliphatic carbocycles. The van der Waals surface area contributed by atoms with Crippen LogP contribution in [-0.4, -0.2) is 18.4 Å². The fourth-order valence-corrected chi connectivity index (χ4v) is 2.21. The lowest BCUT2D eigenvalue weighted by atomic mass is 10.1. The van der Waals surface area contributed by atoms with Crippen molar-refractivity contribution in [2.45, 2.75) is 32.6 Å². The molecule has 0 spiro atoms. The highest BCUT2D eigenvalue weighted by Crippen LogP contribution is 2.30. The van der Waals surface area contributed by atoms with Crippen molar-refractivity contribution >= 4 is 17.4 Å². The average Bonchev–Trinajstić information content (AvgIpc) is 2.83. The van der Waals surface area contributed by atoms with Crippen molar-refractivity contribution < 1.29 is 4.74 Å². The van der Waals surface area contributed by atoms with E-state index in [1.807, 2.05) is 0 Å². The molecule has 1 aromatic rings. The van der Waals surface area contributed by atoms with E-state index in [0.717, 1.165) is 23.7 Å². The van der Waals surface area contributed by atoms with Crippen molar-refractivity contribution in [3.05, 3.63) is 23.8 Å². The summed E-state index contributed by atoms with van der Waals surface area (Å²) in [5.74, 6) is 2.23. The van der Waals surface area contributed by atoms with Crippen molar-refractivity contribution in [2.24, 2.45) is 9.98 Å². The summed E-state index contributed by atoms with van der Waals surface area (Å²) < 4.78 is 5.76. The van der Waals surface area contributed by atoms with Crippen LogP contribution in [0.1, 0.15) is 31.7 Å². The van der Waals surface area contributed by atoms with Crippen molar-refractivity contribution in [3.63, 3.8) is 0 Å². The third-order valence-corrected chi connectivity index (χ3v) is 3.22. The molecule has 0 aromatic heterocycles. The number of nitrogens with one attached hydrogen (secondary N) is 1. The summed E-state index contributed by atoms with van der Waals surface area (Å²) in [5.41, 5.74) is 2.30. The van der Waals surface area contributed by atoms with Crippen LogP contribution < -0.4 is 10.1 Å². The van der Waals surface area contributed by atoms with Crippen LogP contribution in [0.4, 0.5) is 5.69 Å². The highest BCUT2D eigenvalue weighted by molar-refractivity contribution is 6.45. The zero-order valence-corrected chi connectivity index (χ0v) is 10.6. The number of rotatable bonds is 4. The lowest BCUT2D eigenvalue weighted by Crippen LogP contribution is -2.30. The van der Waals surface area contributed by atoms with E-state index in [4.69, 9.17) is 4.74 Å². The summed E-state index contributed by atoms with van der Waals surface area (Å²) in [6, 6.07) is 6.33. The zero-order chi connectivity index (χ0) is 12.4. The van der Waals surface area contributed by atoms with Crippen molar-refractivity contribution in [2.75, 3.05) is 12.0 Å². The third kappa shape index (κ3) is 2.10. The molecule has 0 saturated heterocycles. The first-order valence-electron chi connectivity index (χ1n) is 6.54. The minimum Gasteiger partial charge on any atom is -0.434 e. The number of hydrogen-bond donors (Lipinski definition) is 1. The van der Waals surface area contributed by atoms with Gasteiger partial charge in [0.1, 0.15) is 6.67 Å². The molecule has 4 heteroatoms. The van der Waals surface area contributed by atoms with Gasteiger partial charge in [-0.25, -0.2) is 9.98 Å².